The first-order valence-corrected chi connectivity index (χ1v) is 5.75. The minimum absolute atomic E-state index is 0.00324. The van der Waals surface area contributed by atoms with Crippen LogP contribution in [0.5, 0.6) is 10.8 Å². The first kappa shape index (κ1) is 8.72. The number of rotatable bonds is 1. The molecule has 0 amide bonds. The lowest BCUT2D eigenvalue weighted by Gasteiger charge is -1.96. The summed E-state index contributed by atoms with van der Waals surface area (Å²) in [7, 11) is 0. The molecule has 0 bridgehead atoms. The molecule has 0 saturated carbocycles. The Morgan fingerprint density at radius 3 is 2.77 bits per heavy atom. The molecule has 0 spiro atoms. The van der Waals surface area contributed by atoms with Crippen molar-refractivity contribution < 1.29 is 10.2 Å². The molecule has 0 atom stereocenters. The predicted octanol–water partition coefficient (Wildman–Crippen LogP) is 3.03. The summed E-state index contributed by atoms with van der Waals surface area (Å²) < 4.78 is 0.949. The lowest BCUT2D eigenvalue weighted by atomic mass is 10.2. The highest BCUT2D eigenvalue weighted by Gasteiger charge is 2.11. The van der Waals surface area contributed by atoms with E-state index in [0.29, 0.717) is 0 Å². The van der Waals surface area contributed by atoms with Crippen LogP contribution < -0.4 is 0 Å². The van der Waals surface area contributed by atoms with Crippen LogP contribution in [0.2, 0.25) is 0 Å². The Kier molecular flexibility index (Phi) is 2.09. The third kappa shape index (κ3) is 1.26. The highest BCUT2D eigenvalue weighted by molar-refractivity contribution is 7.99. The van der Waals surface area contributed by atoms with Crippen molar-refractivity contribution in [3.8, 4) is 10.8 Å². The zero-order valence-electron chi connectivity index (χ0n) is 6.94. The zero-order chi connectivity index (χ0) is 9.42. The molecule has 0 fully saturated rings. The van der Waals surface area contributed by atoms with Crippen LogP contribution in [0.1, 0.15) is 0 Å². The SMILES string of the molecule is CSc1cccc2c(O)c(O)sc12. The number of hydrogen-bond donors (Lipinski definition) is 2. The van der Waals surface area contributed by atoms with Gasteiger partial charge in [0, 0.05) is 10.3 Å². The standard InChI is InChI=1S/C9H8O2S2/c1-12-6-4-2-3-5-7(10)9(11)13-8(5)6/h2-4,10-11H,1H3. The molecule has 4 heteroatoms. The molecule has 2 aromatic rings. The van der Waals surface area contributed by atoms with Gasteiger partial charge in [-0.05, 0) is 18.4 Å². The van der Waals surface area contributed by atoms with Gasteiger partial charge in [0.2, 0.25) is 5.06 Å². The summed E-state index contributed by atoms with van der Waals surface area (Å²) in [5.74, 6) is -0.00380. The molecule has 0 aliphatic carbocycles. The van der Waals surface area contributed by atoms with Crippen LogP contribution in [0, 0.1) is 0 Å². The van der Waals surface area contributed by atoms with Crippen LogP contribution in [-0.2, 0) is 0 Å². The molecule has 0 radical (unpaired) electrons. The van der Waals surface area contributed by atoms with E-state index in [9.17, 15) is 10.2 Å². The van der Waals surface area contributed by atoms with E-state index < -0.39 is 0 Å². The Morgan fingerprint density at radius 2 is 2.08 bits per heavy atom. The van der Waals surface area contributed by atoms with Crippen molar-refractivity contribution in [1.82, 2.24) is 0 Å². The average Bonchev–Trinajstić information content (AvgIpc) is 2.43. The van der Waals surface area contributed by atoms with E-state index in [1.165, 1.54) is 11.3 Å². The Balaban J connectivity index is 2.84. The summed E-state index contributed by atoms with van der Waals surface area (Å²) >= 11 is 2.82. The molecule has 0 saturated heterocycles. The van der Waals surface area contributed by atoms with Gasteiger partial charge >= 0.3 is 0 Å². The van der Waals surface area contributed by atoms with Gasteiger partial charge in [0.15, 0.2) is 5.75 Å². The Morgan fingerprint density at radius 1 is 1.31 bits per heavy atom. The molecule has 2 rings (SSSR count). The lowest BCUT2D eigenvalue weighted by Crippen LogP contribution is -1.69. The Labute approximate surface area is 83.8 Å². The molecular formula is C9H8O2S2. The van der Waals surface area contributed by atoms with E-state index in [1.54, 1.807) is 17.8 Å². The molecule has 68 valence electrons. The summed E-state index contributed by atoms with van der Waals surface area (Å²) in [6.07, 6.45) is 1.97. The second-order valence-corrected chi connectivity index (χ2v) is 4.44. The van der Waals surface area contributed by atoms with Crippen molar-refractivity contribution in [1.29, 1.82) is 0 Å². The van der Waals surface area contributed by atoms with Gasteiger partial charge in [0.05, 0.1) is 4.70 Å². The first-order chi connectivity index (χ1) is 6.24. The summed E-state index contributed by atoms with van der Waals surface area (Å²) in [4.78, 5) is 1.08. The molecule has 1 aromatic heterocycles. The van der Waals surface area contributed by atoms with Gasteiger partial charge in [-0.15, -0.1) is 11.8 Å². The number of thioether (sulfide) groups is 1. The number of aromatic hydroxyl groups is 2. The molecule has 2 nitrogen and oxygen atoms in total. The highest BCUT2D eigenvalue weighted by atomic mass is 32.2. The number of thiophene rings is 1. The fraction of sp³-hybridized carbons (Fsp3) is 0.111. The van der Waals surface area contributed by atoms with Crippen molar-refractivity contribution in [3.63, 3.8) is 0 Å². The predicted molar refractivity (Wildman–Crippen MR) is 56.9 cm³/mol. The monoisotopic (exact) mass is 212 g/mol. The van der Waals surface area contributed by atoms with Crippen LogP contribution >= 0.6 is 23.1 Å². The quantitative estimate of drug-likeness (QED) is 0.714. The van der Waals surface area contributed by atoms with Gasteiger partial charge in [-0.25, -0.2) is 0 Å². The van der Waals surface area contributed by atoms with Gasteiger partial charge in [-0.3, -0.25) is 0 Å². The van der Waals surface area contributed by atoms with Crippen molar-refractivity contribution >= 4 is 33.2 Å². The maximum absolute atomic E-state index is 9.47. The highest BCUT2D eigenvalue weighted by Crippen LogP contribution is 2.45. The molecule has 1 heterocycles. The van der Waals surface area contributed by atoms with E-state index >= 15 is 0 Å². The van der Waals surface area contributed by atoms with Gasteiger partial charge in [-0.1, -0.05) is 17.4 Å². The van der Waals surface area contributed by atoms with E-state index in [4.69, 9.17) is 0 Å². The zero-order valence-corrected chi connectivity index (χ0v) is 8.58. The molecule has 2 N–H and O–H groups in total. The number of benzene rings is 1. The second kappa shape index (κ2) is 3.12. The Bertz CT molecular complexity index is 448. The van der Waals surface area contributed by atoms with Crippen molar-refractivity contribution in [3.05, 3.63) is 18.2 Å². The van der Waals surface area contributed by atoms with E-state index in [-0.39, 0.29) is 10.8 Å². The fourth-order valence-electron chi connectivity index (χ4n) is 1.23. The Hall–Kier alpha value is -0.870. The van der Waals surface area contributed by atoms with Crippen molar-refractivity contribution in [2.45, 2.75) is 4.90 Å². The van der Waals surface area contributed by atoms with Crippen molar-refractivity contribution in [2.24, 2.45) is 0 Å². The maximum Gasteiger partial charge on any atom is 0.215 e. The van der Waals surface area contributed by atoms with Gasteiger partial charge in [0.25, 0.3) is 0 Å². The summed E-state index contributed by atoms with van der Waals surface area (Å²) in [6, 6.07) is 5.66. The van der Waals surface area contributed by atoms with Crippen LogP contribution in [0.25, 0.3) is 10.1 Å². The van der Waals surface area contributed by atoms with Gasteiger partial charge in [-0.2, -0.15) is 0 Å². The third-order valence-corrected chi connectivity index (χ3v) is 3.80. The molecule has 1 aromatic carbocycles. The second-order valence-electron chi connectivity index (χ2n) is 2.59. The minimum Gasteiger partial charge on any atom is -0.503 e. The van der Waals surface area contributed by atoms with Crippen LogP contribution in [0.3, 0.4) is 0 Å². The number of hydrogen-bond acceptors (Lipinski definition) is 4. The molecule has 13 heavy (non-hydrogen) atoms. The first-order valence-electron chi connectivity index (χ1n) is 3.71. The fourth-order valence-corrected chi connectivity index (χ4v) is 2.96. The van der Waals surface area contributed by atoms with E-state index in [0.717, 1.165) is 15.0 Å². The lowest BCUT2D eigenvalue weighted by molar-refractivity contribution is 0.419. The van der Waals surface area contributed by atoms with Crippen LogP contribution in [0.4, 0.5) is 0 Å². The molecule has 0 aliphatic rings. The van der Waals surface area contributed by atoms with Crippen LogP contribution in [-0.4, -0.2) is 16.5 Å². The normalized spacial score (nSPS) is 10.8. The molecule has 0 unspecified atom stereocenters. The van der Waals surface area contributed by atoms with Crippen molar-refractivity contribution in [2.75, 3.05) is 6.26 Å². The largest absolute Gasteiger partial charge is 0.503 e. The topological polar surface area (TPSA) is 40.5 Å². The average molecular weight is 212 g/mol. The minimum atomic E-state index is -0.00380. The van der Waals surface area contributed by atoms with Crippen LogP contribution in [0.15, 0.2) is 23.1 Å². The van der Waals surface area contributed by atoms with E-state index in [2.05, 4.69) is 0 Å². The maximum atomic E-state index is 9.47. The van der Waals surface area contributed by atoms with Gasteiger partial charge in [0.1, 0.15) is 0 Å². The smallest absolute Gasteiger partial charge is 0.215 e. The summed E-state index contributed by atoms with van der Waals surface area (Å²) in [6.45, 7) is 0. The number of fused-ring (bicyclic) bond motifs is 1. The summed E-state index contributed by atoms with van der Waals surface area (Å²) in [5, 5.41) is 19.5. The molecular weight excluding hydrogens is 204 g/mol. The molecule has 0 aliphatic heterocycles. The van der Waals surface area contributed by atoms with E-state index in [1.807, 2.05) is 18.4 Å². The summed E-state index contributed by atoms with van der Waals surface area (Å²) in [5.41, 5.74) is 0. The van der Waals surface area contributed by atoms with Gasteiger partial charge < -0.3 is 10.2 Å². The third-order valence-electron chi connectivity index (χ3n) is 1.86.